The second-order valence-corrected chi connectivity index (χ2v) is 14.6. The summed E-state index contributed by atoms with van der Waals surface area (Å²) in [6, 6.07) is 63.8. The molecule has 6 aromatic carbocycles. The van der Waals surface area contributed by atoms with Crippen LogP contribution in [0, 0.1) is 0 Å². The molecule has 0 aliphatic carbocycles. The third kappa shape index (κ3) is 7.34. The second-order valence-electron chi connectivity index (χ2n) is 13.2. The first-order valence-electron chi connectivity index (χ1n) is 18.3. The van der Waals surface area contributed by atoms with Crippen molar-refractivity contribution >= 4 is 11.8 Å². The number of hydrogen-bond acceptors (Lipinski definition) is 1. The normalized spacial score (nSPS) is 11.8. The first-order chi connectivity index (χ1) is 24.2. The molecule has 49 heavy (non-hydrogen) atoms. The SMILES string of the molecule is CCCCCc1ccccc1C(SC(c1ccccc1)(c1ccccc1)c1ccccc1CCCCC)(c1ccccc1)c1ccccc1. The Morgan fingerprint density at radius 1 is 0.347 bits per heavy atom. The summed E-state index contributed by atoms with van der Waals surface area (Å²) in [4.78, 5) is 0. The molecule has 0 atom stereocenters. The van der Waals surface area contributed by atoms with Crippen molar-refractivity contribution < 1.29 is 0 Å². The zero-order valence-electron chi connectivity index (χ0n) is 29.2. The maximum atomic E-state index is 2.42. The van der Waals surface area contributed by atoms with E-state index in [1.807, 2.05) is 0 Å². The molecule has 0 amide bonds. The van der Waals surface area contributed by atoms with Gasteiger partial charge in [0.2, 0.25) is 0 Å². The Morgan fingerprint density at radius 3 is 0.939 bits per heavy atom. The van der Waals surface area contributed by atoms with Crippen LogP contribution in [0.5, 0.6) is 0 Å². The van der Waals surface area contributed by atoms with Gasteiger partial charge in [-0.15, -0.1) is 11.8 Å². The van der Waals surface area contributed by atoms with Gasteiger partial charge in [0.25, 0.3) is 0 Å². The molecule has 0 aliphatic heterocycles. The predicted octanol–water partition coefficient (Wildman–Crippen LogP) is 13.2. The molecule has 0 saturated carbocycles. The third-order valence-electron chi connectivity index (χ3n) is 9.92. The lowest BCUT2D eigenvalue weighted by Crippen LogP contribution is -2.37. The van der Waals surface area contributed by atoms with E-state index in [0.29, 0.717) is 0 Å². The van der Waals surface area contributed by atoms with Crippen LogP contribution in [0.25, 0.3) is 0 Å². The van der Waals surface area contributed by atoms with Crippen LogP contribution >= 0.6 is 11.8 Å². The fourth-order valence-electron chi connectivity index (χ4n) is 7.52. The highest BCUT2D eigenvalue weighted by Crippen LogP contribution is 2.62. The largest absolute Gasteiger partial charge is 0.119 e. The molecule has 6 rings (SSSR count). The summed E-state index contributed by atoms with van der Waals surface area (Å²) in [6.07, 6.45) is 9.36. The van der Waals surface area contributed by atoms with E-state index in [1.165, 1.54) is 83.0 Å². The van der Waals surface area contributed by atoms with E-state index in [4.69, 9.17) is 0 Å². The zero-order chi connectivity index (χ0) is 33.8. The van der Waals surface area contributed by atoms with Crippen molar-refractivity contribution in [3.63, 3.8) is 0 Å². The van der Waals surface area contributed by atoms with Gasteiger partial charge >= 0.3 is 0 Å². The van der Waals surface area contributed by atoms with E-state index in [1.54, 1.807) is 0 Å². The highest BCUT2D eigenvalue weighted by molar-refractivity contribution is 8.02. The molecule has 0 N–H and O–H groups in total. The van der Waals surface area contributed by atoms with E-state index in [0.717, 1.165) is 12.8 Å². The fourth-order valence-corrected chi connectivity index (χ4v) is 9.61. The molecular weight excluding hydrogens is 609 g/mol. The first kappa shape index (κ1) is 34.5. The van der Waals surface area contributed by atoms with Gasteiger partial charge in [-0.25, -0.2) is 0 Å². The number of thioether (sulfide) groups is 1. The number of aryl methyl sites for hydroxylation is 2. The summed E-state index contributed by atoms with van der Waals surface area (Å²) in [7, 11) is 0. The van der Waals surface area contributed by atoms with Gasteiger partial charge < -0.3 is 0 Å². The lowest BCUT2D eigenvalue weighted by molar-refractivity contribution is 0.704. The van der Waals surface area contributed by atoms with Crippen molar-refractivity contribution in [3.05, 3.63) is 214 Å². The van der Waals surface area contributed by atoms with Crippen LogP contribution in [0.15, 0.2) is 170 Å². The quantitative estimate of drug-likeness (QED) is 0.0736. The first-order valence-corrected chi connectivity index (χ1v) is 19.1. The van der Waals surface area contributed by atoms with Crippen molar-refractivity contribution in [1.82, 2.24) is 0 Å². The molecule has 0 saturated heterocycles. The number of hydrogen-bond donors (Lipinski definition) is 0. The Labute approximate surface area is 299 Å². The minimum Gasteiger partial charge on any atom is -0.119 e. The second kappa shape index (κ2) is 16.9. The third-order valence-corrected chi connectivity index (χ3v) is 11.9. The van der Waals surface area contributed by atoms with Crippen molar-refractivity contribution in [3.8, 4) is 0 Å². The van der Waals surface area contributed by atoms with Crippen molar-refractivity contribution in [2.75, 3.05) is 0 Å². The lowest BCUT2D eigenvalue weighted by Gasteiger charge is -2.47. The molecule has 0 fully saturated rings. The van der Waals surface area contributed by atoms with Crippen LogP contribution in [-0.2, 0) is 22.3 Å². The van der Waals surface area contributed by atoms with Crippen LogP contribution in [0.1, 0.15) is 96.9 Å². The monoisotopic (exact) mass is 658 g/mol. The van der Waals surface area contributed by atoms with Gasteiger partial charge in [0.1, 0.15) is 0 Å². The van der Waals surface area contributed by atoms with Gasteiger partial charge in [0, 0.05) is 0 Å². The minimum absolute atomic E-state index is 0.534. The van der Waals surface area contributed by atoms with Gasteiger partial charge in [-0.05, 0) is 70.2 Å². The maximum absolute atomic E-state index is 2.42. The van der Waals surface area contributed by atoms with Gasteiger partial charge in [-0.1, -0.05) is 209 Å². The number of rotatable bonds is 16. The molecule has 248 valence electrons. The van der Waals surface area contributed by atoms with Crippen molar-refractivity contribution in [1.29, 1.82) is 0 Å². The molecule has 0 aromatic heterocycles. The Bertz CT molecular complexity index is 1630. The Kier molecular flexibility index (Phi) is 11.9. The Morgan fingerprint density at radius 2 is 0.633 bits per heavy atom. The van der Waals surface area contributed by atoms with Crippen molar-refractivity contribution in [2.45, 2.75) is 74.7 Å². The predicted molar refractivity (Wildman–Crippen MR) is 212 cm³/mol. The molecule has 6 aromatic rings. The summed E-state index contributed by atoms with van der Waals surface area (Å²) in [5.74, 6) is 0. The van der Waals surface area contributed by atoms with E-state index < -0.39 is 9.49 Å². The number of unbranched alkanes of at least 4 members (excludes halogenated alkanes) is 4. The molecule has 0 nitrogen and oxygen atoms in total. The summed E-state index contributed by atoms with van der Waals surface area (Å²) in [6.45, 7) is 4.60. The van der Waals surface area contributed by atoms with Crippen LogP contribution in [0.2, 0.25) is 0 Å². The summed E-state index contributed by atoms with van der Waals surface area (Å²) in [5.41, 5.74) is 10.8. The average molecular weight is 659 g/mol. The minimum atomic E-state index is -0.534. The molecule has 1 heteroatoms. The highest BCUT2D eigenvalue weighted by Gasteiger charge is 2.49. The molecule has 0 radical (unpaired) electrons. The Hall–Kier alpha value is -4.33. The topological polar surface area (TPSA) is 0 Å². The molecule has 0 heterocycles. The zero-order valence-corrected chi connectivity index (χ0v) is 30.0. The van der Waals surface area contributed by atoms with Crippen LogP contribution in [-0.4, -0.2) is 0 Å². The summed E-state index contributed by atoms with van der Waals surface area (Å²) >= 11 is 2.11. The maximum Gasteiger partial charge on any atom is 0.0925 e. The number of benzene rings is 6. The van der Waals surface area contributed by atoms with Gasteiger partial charge in [-0.3, -0.25) is 0 Å². The van der Waals surface area contributed by atoms with Gasteiger partial charge in [0.15, 0.2) is 0 Å². The van der Waals surface area contributed by atoms with E-state index in [-0.39, 0.29) is 0 Å². The molecular formula is C48H50S. The fraction of sp³-hybridized carbons (Fsp3) is 0.250. The van der Waals surface area contributed by atoms with E-state index in [9.17, 15) is 0 Å². The smallest absolute Gasteiger partial charge is 0.0925 e. The van der Waals surface area contributed by atoms with E-state index in [2.05, 4.69) is 195 Å². The van der Waals surface area contributed by atoms with Crippen LogP contribution in [0.3, 0.4) is 0 Å². The standard InChI is InChI=1S/C48H50S/c1-3-5-11-25-39-27-21-23-37-45(39)47(41-29-13-7-14-30-41,42-31-15-8-16-32-42)49-48(43-33-17-9-18-34-43,44-35-19-10-20-36-44)46-38-24-22-28-40(46)26-12-6-4-2/h7-10,13-24,27-38H,3-6,11-12,25-26H2,1-2H3. The van der Waals surface area contributed by atoms with Gasteiger partial charge in [-0.2, -0.15) is 0 Å². The van der Waals surface area contributed by atoms with Crippen molar-refractivity contribution in [2.24, 2.45) is 0 Å². The summed E-state index contributed by atoms with van der Waals surface area (Å²) in [5, 5.41) is 0. The average Bonchev–Trinajstić information content (AvgIpc) is 3.18. The Balaban J connectivity index is 1.75. The highest BCUT2D eigenvalue weighted by atomic mass is 32.2. The van der Waals surface area contributed by atoms with E-state index >= 15 is 0 Å². The molecule has 0 unspecified atom stereocenters. The lowest BCUT2D eigenvalue weighted by atomic mass is 9.79. The summed E-state index contributed by atoms with van der Waals surface area (Å²) < 4.78 is -1.07. The van der Waals surface area contributed by atoms with Gasteiger partial charge in [0.05, 0.1) is 9.49 Å². The molecule has 0 aliphatic rings. The molecule has 0 bridgehead atoms. The van der Waals surface area contributed by atoms with Crippen LogP contribution < -0.4 is 0 Å². The molecule has 0 spiro atoms. The van der Waals surface area contributed by atoms with Crippen LogP contribution in [0.4, 0.5) is 0 Å².